The van der Waals surface area contributed by atoms with Gasteiger partial charge in [0, 0.05) is 31.4 Å². The van der Waals surface area contributed by atoms with E-state index in [4.69, 9.17) is 9.26 Å². The molecule has 194 valence electrons. The van der Waals surface area contributed by atoms with E-state index < -0.39 is 0 Å². The third-order valence-electron chi connectivity index (χ3n) is 6.35. The molecule has 0 fully saturated rings. The van der Waals surface area contributed by atoms with Crippen LogP contribution in [0.5, 0.6) is 5.75 Å². The van der Waals surface area contributed by atoms with Gasteiger partial charge in [-0.15, -0.1) is 0 Å². The number of halogens is 1. The molecule has 0 radical (unpaired) electrons. The van der Waals surface area contributed by atoms with Crippen molar-refractivity contribution < 1.29 is 18.4 Å². The van der Waals surface area contributed by atoms with Crippen LogP contribution in [0.15, 0.2) is 65.6 Å². The van der Waals surface area contributed by atoms with Gasteiger partial charge in [0.25, 0.3) is 5.89 Å². The summed E-state index contributed by atoms with van der Waals surface area (Å²) in [5.41, 5.74) is 2.82. The fourth-order valence-corrected chi connectivity index (χ4v) is 4.07. The first-order valence-electron chi connectivity index (χ1n) is 12.2. The molecular weight excluding hydrogens is 475 g/mol. The number of aromatic nitrogens is 4. The number of nitrogens with zero attached hydrogens (tertiary/aromatic N) is 6. The average Bonchev–Trinajstić information content (AvgIpc) is 3.60. The van der Waals surface area contributed by atoms with Crippen molar-refractivity contribution in [2.45, 2.75) is 33.0 Å². The van der Waals surface area contributed by atoms with Gasteiger partial charge in [-0.1, -0.05) is 24.2 Å². The summed E-state index contributed by atoms with van der Waals surface area (Å²) in [5.74, 6) is 1.31. The maximum Gasteiger partial charge on any atom is 0.257 e. The molecule has 1 amide bonds. The Morgan fingerprint density at radius 2 is 1.86 bits per heavy atom. The fourth-order valence-electron chi connectivity index (χ4n) is 4.07. The summed E-state index contributed by atoms with van der Waals surface area (Å²) >= 11 is 0. The maximum atomic E-state index is 13.3. The van der Waals surface area contributed by atoms with Gasteiger partial charge in [-0.25, -0.2) is 9.37 Å². The second-order valence-electron chi connectivity index (χ2n) is 8.71. The number of carbonyl (C=O) groups is 1. The van der Waals surface area contributed by atoms with Gasteiger partial charge < -0.3 is 18.7 Å². The summed E-state index contributed by atoms with van der Waals surface area (Å²) in [5, 5.41) is 4.03. The molecule has 4 rings (SSSR count). The highest BCUT2D eigenvalue weighted by Gasteiger charge is 2.16. The minimum Gasteiger partial charge on any atom is -0.497 e. The summed E-state index contributed by atoms with van der Waals surface area (Å²) in [6.07, 6.45) is 4.45. The van der Waals surface area contributed by atoms with Gasteiger partial charge in [-0.3, -0.25) is 9.69 Å². The molecule has 2 aromatic heterocycles. The summed E-state index contributed by atoms with van der Waals surface area (Å²) in [4.78, 5) is 24.4. The summed E-state index contributed by atoms with van der Waals surface area (Å²) in [6.45, 7) is 7.02. The minimum atomic E-state index is -0.253. The van der Waals surface area contributed by atoms with Crippen molar-refractivity contribution in [2.75, 3.05) is 26.7 Å². The second-order valence-corrected chi connectivity index (χ2v) is 8.71. The number of imidazole rings is 1. The van der Waals surface area contributed by atoms with E-state index in [2.05, 4.69) is 38.4 Å². The largest absolute Gasteiger partial charge is 0.497 e. The molecule has 2 aromatic carbocycles. The molecule has 0 aliphatic rings. The zero-order valence-corrected chi connectivity index (χ0v) is 21.2. The van der Waals surface area contributed by atoms with E-state index in [-0.39, 0.29) is 18.4 Å². The lowest BCUT2D eigenvalue weighted by Gasteiger charge is -2.25. The summed E-state index contributed by atoms with van der Waals surface area (Å²) in [6, 6.07) is 13.9. The Bertz CT molecular complexity index is 1270. The lowest BCUT2D eigenvalue weighted by atomic mass is 10.1. The van der Waals surface area contributed by atoms with Gasteiger partial charge in [-0.2, -0.15) is 4.98 Å². The standard InChI is InChI=1S/C27H31FN6O3/c1-4-32(16-24-15-29-18-34(24)20(2)21-5-9-23(28)10-6-21)13-14-33(19-35)17-26-30-27(37-31-26)22-7-11-25(36-3)12-8-22/h5-12,15,18-20H,4,13-14,16-17H2,1-3H3. The molecule has 2 heterocycles. The first-order valence-corrected chi connectivity index (χ1v) is 12.2. The van der Waals surface area contributed by atoms with Crippen molar-refractivity contribution in [1.82, 2.24) is 29.5 Å². The van der Waals surface area contributed by atoms with Crippen LogP contribution in [-0.4, -0.2) is 62.6 Å². The summed E-state index contributed by atoms with van der Waals surface area (Å²) < 4.78 is 26.0. The zero-order valence-electron chi connectivity index (χ0n) is 21.2. The summed E-state index contributed by atoms with van der Waals surface area (Å²) in [7, 11) is 1.61. The number of rotatable bonds is 13. The van der Waals surface area contributed by atoms with Crippen LogP contribution in [0, 0.1) is 5.82 Å². The average molecular weight is 507 g/mol. The first kappa shape index (κ1) is 26.0. The molecule has 1 unspecified atom stereocenters. The normalized spacial score (nSPS) is 12.0. The molecule has 0 spiro atoms. The Morgan fingerprint density at radius 3 is 2.54 bits per heavy atom. The van der Waals surface area contributed by atoms with Crippen molar-refractivity contribution in [2.24, 2.45) is 0 Å². The van der Waals surface area contributed by atoms with E-state index >= 15 is 0 Å². The third kappa shape index (κ3) is 6.59. The van der Waals surface area contributed by atoms with Crippen molar-refractivity contribution in [3.05, 3.63) is 84.0 Å². The lowest BCUT2D eigenvalue weighted by molar-refractivity contribution is -0.119. The van der Waals surface area contributed by atoms with Crippen molar-refractivity contribution in [1.29, 1.82) is 0 Å². The minimum absolute atomic E-state index is 0.0152. The predicted octanol–water partition coefficient (Wildman–Crippen LogP) is 4.17. The predicted molar refractivity (Wildman–Crippen MR) is 136 cm³/mol. The van der Waals surface area contributed by atoms with Crippen LogP contribution in [0.1, 0.15) is 37.0 Å². The number of benzene rings is 2. The molecule has 9 nitrogen and oxygen atoms in total. The van der Waals surface area contributed by atoms with Crippen LogP contribution in [0.4, 0.5) is 4.39 Å². The second kappa shape index (κ2) is 12.3. The Kier molecular flexibility index (Phi) is 8.63. The van der Waals surface area contributed by atoms with Crippen molar-refractivity contribution in [3.63, 3.8) is 0 Å². The molecule has 0 saturated heterocycles. The van der Waals surface area contributed by atoms with Crippen LogP contribution in [0.2, 0.25) is 0 Å². The van der Waals surface area contributed by atoms with E-state index in [1.807, 2.05) is 30.5 Å². The van der Waals surface area contributed by atoms with E-state index in [0.717, 1.165) is 35.5 Å². The number of ether oxygens (including phenoxy) is 1. The number of carbonyl (C=O) groups excluding carboxylic acids is 1. The molecule has 0 saturated carbocycles. The van der Waals surface area contributed by atoms with Crippen molar-refractivity contribution >= 4 is 6.41 Å². The Hall–Kier alpha value is -4.05. The van der Waals surface area contributed by atoms with Gasteiger partial charge in [0.2, 0.25) is 6.41 Å². The number of hydrogen-bond donors (Lipinski definition) is 0. The SMILES string of the molecule is CCN(CCN(C=O)Cc1noc(-c2ccc(OC)cc2)n1)Cc1cncn1C(C)c1ccc(F)cc1. The highest BCUT2D eigenvalue weighted by Crippen LogP contribution is 2.22. The van der Waals surface area contributed by atoms with E-state index in [0.29, 0.717) is 31.3 Å². The Balaban J connectivity index is 1.34. The van der Waals surface area contributed by atoms with Crippen LogP contribution < -0.4 is 4.74 Å². The van der Waals surface area contributed by atoms with Gasteiger partial charge in [0.1, 0.15) is 11.6 Å². The molecule has 0 bridgehead atoms. The highest BCUT2D eigenvalue weighted by atomic mass is 19.1. The molecule has 4 aromatic rings. The number of methoxy groups -OCH3 is 1. The van der Waals surface area contributed by atoms with Crippen LogP contribution in [0.3, 0.4) is 0 Å². The third-order valence-corrected chi connectivity index (χ3v) is 6.35. The number of amides is 1. The molecule has 10 heteroatoms. The van der Waals surface area contributed by atoms with Crippen LogP contribution in [0.25, 0.3) is 11.5 Å². The highest BCUT2D eigenvalue weighted by molar-refractivity contribution is 5.54. The quantitative estimate of drug-likeness (QED) is 0.252. The topological polar surface area (TPSA) is 89.5 Å². The van der Waals surface area contributed by atoms with Crippen molar-refractivity contribution in [3.8, 4) is 17.2 Å². The van der Waals surface area contributed by atoms with Crippen LogP contribution in [-0.2, 0) is 17.9 Å². The smallest absolute Gasteiger partial charge is 0.257 e. The van der Waals surface area contributed by atoms with Gasteiger partial charge >= 0.3 is 0 Å². The molecule has 37 heavy (non-hydrogen) atoms. The number of hydrogen-bond acceptors (Lipinski definition) is 7. The molecule has 0 aliphatic heterocycles. The molecule has 1 atom stereocenters. The fraction of sp³-hybridized carbons (Fsp3) is 0.333. The number of likely N-dealkylation sites (N-methyl/N-ethyl adjacent to an activating group) is 1. The van der Waals surface area contributed by atoms with Gasteiger partial charge in [0.05, 0.1) is 31.7 Å². The molecular formula is C27H31FN6O3. The molecule has 0 aliphatic carbocycles. The van der Waals surface area contributed by atoms with Gasteiger partial charge in [-0.05, 0) is 55.4 Å². The maximum absolute atomic E-state index is 13.3. The Labute approximate surface area is 215 Å². The molecule has 0 N–H and O–H groups in total. The zero-order chi connectivity index (χ0) is 26.2. The monoisotopic (exact) mass is 506 g/mol. The van der Waals surface area contributed by atoms with E-state index in [1.165, 1.54) is 12.1 Å². The lowest BCUT2D eigenvalue weighted by Crippen LogP contribution is -2.34. The van der Waals surface area contributed by atoms with E-state index in [1.54, 1.807) is 30.5 Å². The van der Waals surface area contributed by atoms with Crippen LogP contribution >= 0.6 is 0 Å². The van der Waals surface area contributed by atoms with E-state index in [9.17, 15) is 9.18 Å². The first-order chi connectivity index (χ1) is 18.0. The van der Waals surface area contributed by atoms with Gasteiger partial charge in [0.15, 0.2) is 5.82 Å². The Morgan fingerprint density at radius 1 is 1.11 bits per heavy atom.